The molecule has 1 aliphatic heterocycles. The number of nitrogens with one attached hydrogen (secondary N) is 2. The highest BCUT2D eigenvalue weighted by atomic mass is 127. The molecule has 0 aliphatic carbocycles. The average Bonchev–Trinajstić information content (AvgIpc) is 3.47. The van der Waals surface area contributed by atoms with Crippen LogP contribution in [-0.2, 0) is 0 Å². The van der Waals surface area contributed by atoms with E-state index in [1.54, 1.807) is 6.07 Å². The Morgan fingerprint density at radius 1 is 1.27 bits per heavy atom. The van der Waals surface area contributed by atoms with Gasteiger partial charge in [0, 0.05) is 22.0 Å². The number of benzene rings is 2. The van der Waals surface area contributed by atoms with E-state index in [4.69, 9.17) is 10.5 Å². The smallest absolute Gasteiger partial charge is 0.274 e. The molecule has 2 atom stereocenters. The summed E-state index contributed by atoms with van der Waals surface area (Å²) in [6.07, 6.45) is 4.65. The summed E-state index contributed by atoms with van der Waals surface area (Å²) >= 11 is 1.96. The van der Waals surface area contributed by atoms with Crippen molar-refractivity contribution in [3.63, 3.8) is 0 Å². The Kier molecular flexibility index (Phi) is 6.88. The Morgan fingerprint density at radius 2 is 2.09 bits per heavy atom. The first-order chi connectivity index (χ1) is 15.8. The number of carbonyl (C=O) groups is 2. The maximum absolute atomic E-state index is 14.6. The summed E-state index contributed by atoms with van der Waals surface area (Å²) in [6, 6.07) is 6.03. The van der Waals surface area contributed by atoms with Crippen LogP contribution in [0.3, 0.4) is 0 Å². The number of imidazole rings is 1. The molecule has 4 rings (SSSR count). The van der Waals surface area contributed by atoms with E-state index in [0.717, 1.165) is 18.6 Å². The highest BCUT2D eigenvalue weighted by Gasteiger charge is 2.35. The molecule has 11 heteroatoms. The highest BCUT2D eigenvalue weighted by molar-refractivity contribution is 14.1. The van der Waals surface area contributed by atoms with Gasteiger partial charge in [-0.25, -0.2) is 13.8 Å². The van der Waals surface area contributed by atoms with Crippen LogP contribution >= 0.6 is 22.6 Å². The van der Waals surface area contributed by atoms with E-state index in [9.17, 15) is 18.4 Å². The molecule has 1 fully saturated rings. The number of rotatable bonds is 7. The number of nitrogens with zero attached hydrogens (tertiary/aromatic N) is 2. The fourth-order valence-electron chi connectivity index (χ4n) is 3.71. The zero-order chi connectivity index (χ0) is 23.5. The van der Waals surface area contributed by atoms with Crippen molar-refractivity contribution in [3.05, 3.63) is 69.8 Å². The minimum Gasteiger partial charge on any atom is -0.478 e. The van der Waals surface area contributed by atoms with Gasteiger partial charge in [0.1, 0.15) is 29.3 Å². The lowest BCUT2D eigenvalue weighted by Gasteiger charge is -2.25. The summed E-state index contributed by atoms with van der Waals surface area (Å²) in [6.45, 7) is 0.687. The van der Waals surface area contributed by atoms with Crippen molar-refractivity contribution in [2.24, 2.45) is 5.73 Å². The van der Waals surface area contributed by atoms with Crippen LogP contribution in [0.2, 0.25) is 0 Å². The number of ether oxygens (including phenoxy) is 1. The summed E-state index contributed by atoms with van der Waals surface area (Å²) in [5.41, 5.74) is 5.34. The maximum atomic E-state index is 14.6. The van der Waals surface area contributed by atoms with Crippen LogP contribution in [0.25, 0.3) is 0 Å². The molecule has 0 radical (unpaired) electrons. The van der Waals surface area contributed by atoms with Crippen LogP contribution in [-0.4, -0.2) is 40.1 Å². The fraction of sp³-hybridized carbons (Fsp3) is 0.227. The second kappa shape index (κ2) is 9.83. The van der Waals surface area contributed by atoms with Gasteiger partial charge in [-0.1, -0.05) is 0 Å². The van der Waals surface area contributed by atoms with Gasteiger partial charge in [-0.05, 0) is 66.2 Å². The first-order valence-corrected chi connectivity index (χ1v) is 11.2. The average molecular weight is 567 g/mol. The number of aromatic nitrogens is 2. The van der Waals surface area contributed by atoms with E-state index in [-0.39, 0.29) is 28.7 Å². The third-order valence-electron chi connectivity index (χ3n) is 5.23. The lowest BCUT2D eigenvalue weighted by atomic mass is 10.1. The molecule has 1 aromatic heterocycles. The van der Waals surface area contributed by atoms with E-state index in [1.807, 2.05) is 22.6 Å². The Bertz CT molecular complexity index is 1180. The van der Waals surface area contributed by atoms with Gasteiger partial charge in [0.2, 0.25) is 0 Å². The first-order valence-electron chi connectivity index (χ1n) is 10.1. The van der Waals surface area contributed by atoms with Gasteiger partial charge >= 0.3 is 0 Å². The third kappa shape index (κ3) is 5.14. The molecule has 0 saturated carbocycles. The number of primary amides is 1. The lowest BCUT2D eigenvalue weighted by Crippen LogP contribution is -2.46. The fourth-order valence-corrected chi connectivity index (χ4v) is 4.16. The number of hydrogen-bond acceptors (Lipinski definition) is 6. The van der Waals surface area contributed by atoms with Crippen LogP contribution in [0.4, 0.5) is 20.2 Å². The van der Waals surface area contributed by atoms with Gasteiger partial charge in [-0.15, -0.1) is 0 Å². The van der Waals surface area contributed by atoms with E-state index in [2.05, 4.69) is 15.6 Å². The second-order valence-electron chi connectivity index (χ2n) is 7.49. The van der Waals surface area contributed by atoms with Gasteiger partial charge in [-0.2, -0.15) is 0 Å². The molecule has 1 unspecified atom stereocenters. The SMILES string of the molecule is NC(=O)c1c(Nc2ccc(I)cc2F)cc(F)cc1O[C@H](C(=O)n1ccnc1)C1CCCN1. The molecule has 172 valence electrons. The predicted molar refractivity (Wildman–Crippen MR) is 126 cm³/mol. The van der Waals surface area contributed by atoms with Crippen molar-refractivity contribution in [1.82, 2.24) is 14.9 Å². The van der Waals surface area contributed by atoms with Gasteiger partial charge in [0.05, 0.1) is 17.4 Å². The number of carbonyl (C=O) groups excluding carboxylic acids is 2. The highest BCUT2D eigenvalue weighted by Crippen LogP contribution is 2.33. The molecule has 0 spiro atoms. The van der Waals surface area contributed by atoms with Gasteiger partial charge in [-0.3, -0.25) is 14.2 Å². The Labute approximate surface area is 201 Å². The van der Waals surface area contributed by atoms with Crippen molar-refractivity contribution < 1.29 is 23.1 Å². The standard InChI is InChI=1S/C22H20F2IN5O3/c23-12-8-17(29-15-4-3-13(25)10-14(15)24)19(21(26)31)18(9-12)33-20(16-2-1-5-28-16)22(32)30-7-6-27-11-30/h3-4,6-11,16,20,28-29H,1-2,5H2,(H2,26,31)/t16?,20-/m0/s1. The largest absolute Gasteiger partial charge is 0.478 e. The minimum atomic E-state index is -1.08. The molecule has 4 N–H and O–H groups in total. The third-order valence-corrected chi connectivity index (χ3v) is 5.90. The van der Waals surface area contributed by atoms with Crippen LogP contribution in [0.1, 0.15) is 28.0 Å². The Hall–Kier alpha value is -3.06. The van der Waals surface area contributed by atoms with E-state index in [0.29, 0.717) is 16.5 Å². The van der Waals surface area contributed by atoms with Crippen molar-refractivity contribution in [1.29, 1.82) is 0 Å². The van der Waals surface area contributed by atoms with Gasteiger partial charge in [0.25, 0.3) is 11.8 Å². The van der Waals surface area contributed by atoms with Crippen molar-refractivity contribution in [3.8, 4) is 5.75 Å². The van der Waals surface area contributed by atoms with E-state index >= 15 is 0 Å². The molecule has 2 heterocycles. The van der Waals surface area contributed by atoms with E-state index < -0.39 is 29.6 Å². The maximum Gasteiger partial charge on any atom is 0.274 e. The molecule has 2 aromatic carbocycles. The quantitative estimate of drug-likeness (QED) is 0.378. The van der Waals surface area contributed by atoms with Crippen LogP contribution in [0, 0.1) is 15.2 Å². The van der Waals surface area contributed by atoms with Gasteiger partial charge in [0.15, 0.2) is 6.10 Å². The lowest BCUT2D eigenvalue weighted by molar-refractivity contribution is 0.0636. The molecule has 3 aromatic rings. The molecule has 1 aliphatic rings. The number of nitrogens with two attached hydrogens (primary N) is 1. The Balaban J connectivity index is 1.73. The predicted octanol–water partition coefficient (Wildman–Crippen LogP) is 3.45. The molecule has 8 nitrogen and oxygen atoms in total. The summed E-state index contributed by atoms with van der Waals surface area (Å²) < 4.78 is 36.8. The number of hydrogen-bond donors (Lipinski definition) is 3. The number of amides is 1. The van der Waals surface area contributed by atoms with Crippen molar-refractivity contribution in [2.75, 3.05) is 11.9 Å². The van der Waals surface area contributed by atoms with Crippen LogP contribution < -0.4 is 21.1 Å². The second-order valence-corrected chi connectivity index (χ2v) is 8.74. The Morgan fingerprint density at radius 3 is 2.73 bits per heavy atom. The first kappa shape index (κ1) is 23.1. The summed E-state index contributed by atoms with van der Waals surface area (Å²) in [7, 11) is 0. The van der Waals surface area contributed by atoms with Crippen molar-refractivity contribution >= 4 is 45.8 Å². The molecule has 1 amide bonds. The summed E-state index contributed by atoms with van der Waals surface area (Å²) in [4.78, 5) is 29.3. The molecule has 33 heavy (non-hydrogen) atoms. The van der Waals surface area contributed by atoms with Crippen LogP contribution in [0.5, 0.6) is 5.75 Å². The normalized spacial score (nSPS) is 16.4. The zero-order valence-electron chi connectivity index (χ0n) is 17.2. The molecule has 0 bridgehead atoms. The monoisotopic (exact) mass is 567 g/mol. The van der Waals surface area contributed by atoms with E-state index in [1.165, 1.54) is 35.4 Å². The molecular weight excluding hydrogens is 547 g/mol. The van der Waals surface area contributed by atoms with Crippen molar-refractivity contribution in [2.45, 2.75) is 25.0 Å². The zero-order valence-corrected chi connectivity index (χ0v) is 19.4. The summed E-state index contributed by atoms with van der Waals surface area (Å²) in [5.74, 6) is -2.93. The molecular formula is C22H20F2IN5O3. The summed E-state index contributed by atoms with van der Waals surface area (Å²) in [5, 5.41) is 5.91. The minimum absolute atomic E-state index is 0.0259. The topological polar surface area (TPSA) is 111 Å². The van der Waals surface area contributed by atoms with Crippen LogP contribution in [0.15, 0.2) is 49.1 Å². The molecule has 1 saturated heterocycles. The number of halogens is 3. The van der Waals surface area contributed by atoms with Gasteiger partial charge < -0.3 is 21.1 Å². The number of anilines is 2.